The van der Waals surface area contributed by atoms with Crippen LogP contribution in [0.25, 0.3) is 11.1 Å². The molecule has 0 aromatic heterocycles. The fraction of sp³-hybridized carbons (Fsp3) is 0.0526. The summed E-state index contributed by atoms with van der Waals surface area (Å²) < 4.78 is 0. The normalized spacial score (nSPS) is 10.9. The van der Waals surface area contributed by atoms with Crippen LogP contribution in [0.3, 0.4) is 0 Å². The van der Waals surface area contributed by atoms with Crippen LogP contribution >= 0.6 is 15.8 Å². The van der Waals surface area contributed by atoms with Gasteiger partial charge in [0.1, 0.15) is 0 Å². The van der Waals surface area contributed by atoms with Gasteiger partial charge in [-0.2, -0.15) is 0 Å². The third-order valence-corrected chi connectivity index (χ3v) is 12.3. The first-order valence-electron chi connectivity index (χ1n) is 13.8. The summed E-state index contributed by atoms with van der Waals surface area (Å²) in [5.74, 6) is 0. The molecule has 0 amide bonds. The molecule has 6 rings (SSSR count). The standard InChI is InChI=1S/C38H32P2.Li/c1-5-19-33(20-6-1)39(34-21-7-2-8-22-34)29-31-17-13-15-27-37(31)38-28-16-14-18-32(38)30-40(35-23-9-3-10-24-35)36-25-11-4-12-26-36;/h1-28H,29-30H2;. The Kier molecular flexibility index (Phi) is 10.4. The van der Waals surface area contributed by atoms with Crippen LogP contribution in [0.2, 0.25) is 0 Å². The maximum Gasteiger partial charge on any atom is 0.00136 e. The average Bonchev–Trinajstić information content (AvgIpc) is 3.04. The van der Waals surface area contributed by atoms with Gasteiger partial charge in [0.15, 0.2) is 0 Å². The van der Waals surface area contributed by atoms with E-state index >= 15 is 0 Å². The van der Waals surface area contributed by atoms with Gasteiger partial charge in [0, 0.05) is 31.2 Å². The van der Waals surface area contributed by atoms with Gasteiger partial charge < -0.3 is 0 Å². The van der Waals surface area contributed by atoms with Gasteiger partial charge in [-0.05, 0) is 59.3 Å². The first-order valence-corrected chi connectivity index (χ1v) is 16.8. The Labute approximate surface area is 259 Å². The maximum atomic E-state index is 2.34. The summed E-state index contributed by atoms with van der Waals surface area (Å²) in [5, 5.41) is 5.68. The van der Waals surface area contributed by atoms with Crippen LogP contribution in [0.15, 0.2) is 170 Å². The quantitative estimate of drug-likeness (QED) is 0.124. The second-order valence-electron chi connectivity index (χ2n) is 9.83. The molecule has 0 nitrogen and oxygen atoms in total. The zero-order chi connectivity index (χ0) is 27.0. The molecule has 0 aliphatic rings. The summed E-state index contributed by atoms with van der Waals surface area (Å²) in [7, 11) is -1.06. The molecule has 3 heteroatoms. The Morgan fingerprint density at radius 1 is 0.293 bits per heavy atom. The molecule has 0 heterocycles. The minimum atomic E-state index is -0.528. The minimum Gasteiger partial charge on any atom is -0.0622 e. The number of benzene rings is 6. The molecule has 0 fully saturated rings. The summed E-state index contributed by atoms with van der Waals surface area (Å²) in [5.41, 5.74) is 5.54. The molecule has 0 unspecified atom stereocenters. The van der Waals surface area contributed by atoms with E-state index in [1.54, 1.807) is 0 Å². The van der Waals surface area contributed by atoms with E-state index in [9.17, 15) is 0 Å². The van der Waals surface area contributed by atoms with Crippen molar-refractivity contribution in [2.75, 3.05) is 0 Å². The second kappa shape index (κ2) is 14.6. The molecular weight excluding hydrogens is 525 g/mol. The molecule has 0 saturated heterocycles. The molecule has 41 heavy (non-hydrogen) atoms. The van der Waals surface area contributed by atoms with Crippen LogP contribution < -0.4 is 21.2 Å². The van der Waals surface area contributed by atoms with Gasteiger partial charge in [-0.1, -0.05) is 170 Å². The van der Waals surface area contributed by atoms with Gasteiger partial charge in [0.05, 0.1) is 0 Å². The summed E-state index contributed by atoms with van der Waals surface area (Å²) in [4.78, 5) is 0. The van der Waals surface area contributed by atoms with Crippen molar-refractivity contribution >= 4 is 55.9 Å². The molecule has 0 aliphatic carbocycles. The minimum absolute atomic E-state index is 0. The zero-order valence-corrected chi connectivity index (χ0v) is 25.3. The van der Waals surface area contributed by atoms with Crippen molar-refractivity contribution in [2.45, 2.75) is 12.3 Å². The molecule has 0 spiro atoms. The van der Waals surface area contributed by atoms with Crippen LogP contribution in [-0.2, 0) is 12.3 Å². The summed E-state index contributed by atoms with van der Waals surface area (Å²) in [6.07, 6.45) is 2.03. The molecular formula is C38H32LiP2. The van der Waals surface area contributed by atoms with E-state index in [2.05, 4.69) is 170 Å². The van der Waals surface area contributed by atoms with Gasteiger partial charge in [-0.25, -0.2) is 0 Å². The Morgan fingerprint density at radius 2 is 0.537 bits per heavy atom. The molecule has 1 radical (unpaired) electrons. The van der Waals surface area contributed by atoms with Gasteiger partial charge in [0.2, 0.25) is 0 Å². The monoisotopic (exact) mass is 557 g/mol. The van der Waals surface area contributed by atoms with Crippen LogP contribution in [0, 0.1) is 0 Å². The third-order valence-electron chi connectivity index (χ3n) is 7.25. The van der Waals surface area contributed by atoms with Crippen LogP contribution in [-0.4, -0.2) is 18.9 Å². The first kappa shape index (κ1) is 29.3. The number of rotatable bonds is 9. The average molecular weight is 558 g/mol. The Hall–Kier alpha value is -3.22. The Bertz CT molecular complexity index is 1430. The summed E-state index contributed by atoms with van der Waals surface area (Å²) in [6, 6.07) is 62.3. The zero-order valence-electron chi connectivity index (χ0n) is 23.5. The second-order valence-corrected chi connectivity index (χ2v) is 14.2. The van der Waals surface area contributed by atoms with Crippen molar-refractivity contribution in [3.05, 3.63) is 181 Å². The van der Waals surface area contributed by atoms with Crippen molar-refractivity contribution < 1.29 is 0 Å². The van der Waals surface area contributed by atoms with Crippen molar-refractivity contribution in [1.29, 1.82) is 0 Å². The molecule has 195 valence electrons. The summed E-state index contributed by atoms with van der Waals surface area (Å²) in [6.45, 7) is 0. The van der Waals surface area contributed by atoms with Crippen molar-refractivity contribution in [2.24, 2.45) is 0 Å². The maximum absolute atomic E-state index is 2.34. The predicted octanol–water partition coefficient (Wildman–Crippen LogP) is 8.24. The molecule has 0 aliphatic heterocycles. The first-order chi connectivity index (χ1) is 19.9. The largest absolute Gasteiger partial charge is 0.0622 e. The predicted molar refractivity (Wildman–Crippen MR) is 183 cm³/mol. The smallest absolute Gasteiger partial charge is 0.00136 e. The SMILES string of the molecule is [Li].c1ccc(P(Cc2ccccc2-c2ccccc2CP(c2ccccc2)c2ccccc2)c2ccccc2)cc1. The van der Waals surface area contributed by atoms with E-state index in [1.165, 1.54) is 43.5 Å². The number of hydrogen-bond acceptors (Lipinski definition) is 0. The van der Waals surface area contributed by atoms with E-state index in [-0.39, 0.29) is 18.9 Å². The van der Waals surface area contributed by atoms with E-state index in [1.807, 2.05) is 0 Å². The van der Waals surface area contributed by atoms with Crippen LogP contribution in [0.4, 0.5) is 0 Å². The molecule has 0 N–H and O–H groups in total. The van der Waals surface area contributed by atoms with Crippen molar-refractivity contribution in [1.82, 2.24) is 0 Å². The molecule has 0 atom stereocenters. The Morgan fingerprint density at radius 3 is 0.829 bits per heavy atom. The van der Waals surface area contributed by atoms with Crippen molar-refractivity contribution in [3.63, 3.8) is 0 Å². The van der Waals surface area contributed by atoms with Crippen LogP contribution in [0.5, 0.6) is 0 Å². The molecule has 6 aromatic carbocycles. The fourth-order valence-electron chi connectivity index (χ4n) is 5.28. The Balaban J connectivity index is 0.00000337. The van der Waals surface area contributed by atoms with Gasteiger partial charge >= 0.3 is 0 Å². The van der Waals surface area contributed by atoms with Crippen LogP contribution in [0.1, 0.15) is 11.1 Å². The van der Waals surface area contributed by atoms with Crippen molar-refractivity contribution in [3.8, 4) is 11.1 Å². The van der Waals surface area contributed by atoms with E-state index < -0.39 is 15.8 Å². The topological polar surface area (TPSA) is 0 Å². The fourth-order valence-corrected chi connectivity index (χ4v) is 9.97. The number of hydrogen-bond donors (Lipinski definition) is 0. The van der Waals surface area contributed by atoms with E-state index in [0.29, 0.717) is 0 Å². The van der Waals surface area contributed by atoms with Gasteiger partial charge in [-0.15, -0.1) is 0 Å². The van der Waals surface area contributed by atoms with Gasteiger partial charge in [-0.3, -0.25) is 0 Å². The van der Waals surface area contributed by atoms with Gasteiger partial charge in [0.25, 0.3) is 0 Å². The third kappa shape index (κ3) is 7.17. The van der Waals surface area contributed by atoms with E-state index in [4.69, 9.17) is 0 Å². The van der Waals surface area contributed by atoms with E-state index in [0.717, 1.165) is 12.3 Å². The summed E-state index contributed by atoms with van der Waals surface area (Å²) >= 11 is 0. The molecule has 0 saturated carbocycles. The molecule has 0 bridgehead atoms. The molecule has 6 aromatic rings.